The van der Waals surface area contributed by atoms with Crippen molar-refractivity contribution in [1.82, 2.24) is 25.0 Å². The van der Waals surface area contributed by atoms with Gasteiger partial charge in [-0.2, -0.15) is 18.4 Å². The smallest absolute Gasteiger partial charge is 0.355 e. The molecule has 0 spiro atoms. The number of rotatable bonds is 11. The summed E-state index contributed by atoms with van der Waals surface area (Å²) in [5.41, 5.74) is -1.50. The van der Waals surface area contributed by atoms with Crippen molar-refractivity contribution in [2.45, 2.75) is 121 Å². The number of hydrogen-bond donors (Lipinski definition) is 2. The van der Waals surface area contributed by atoms with Gasteiger partial charge in [0.1, 0.15) is 11.4 Å². The maximum absolute atomic E-state index is 13.7. The van der Waals surface area contributed by atoms with Gasteiger partial charge in [0.25, 0.3) is 5.91 Å². The van der Waals surface area contributed by atoms with Crippen molar-refractivity contribution >= 4 is 46.6 Å². The number of piperazine rings is 1. The van der Waals surface area contributed by atoms with Gasteiger partial charge < -0.3 is 20.4 Å². The van der Waals surface area contributed by atoms with Gasteiger partial charge in [-0.25, -0.2) is 4.98 Å². The number of piperidine rings is 1. The zero-order chi connectivity index (χ0) is 40.4. The Morgan fingerprint density at radius 1 is 1.05 bits per heavy atom. The number of carbonyl (C=O) groups excluding carboxylic acids is 3. The molecule has 2 aromatic rings. The average molecular weight is 795 g/mol. The van der Waals surface area contributed by atoms with Gasteiger partial charge in [-0.1, -0.05) is 12.8 Å². The molecule has 3 saturated heterocycles. The average Bonchev–Trinajstić information content (AvgIpc) is 3.33. The van der Waals surface area contributed by atoms with Crippen LogP contribution in [0.5, 0.6) is 0 Å². The molecule has 11 nitrogen and oxygen atoms in total. The number of anilines is 2. The number of amides is 3. The van der Waals surface area contributed by atoms with E-state index in [1.807, 2.05) is 17.0 Å². The van der Waals surface area contributed by atoms with Crippen LogP contribution in [0, 0.1) is 17.2 Å². The van der Waals surface area contributed by atoms with Gasteiger partial charge in [-0.05, 0) is 127 Å². The molecule has 56 heavy (non-hydrogen) atoms. The summed E-state index contributed by atoms with van der Waals surface area (Å²) in [7, 11) is 0. The monoisotopic (exact) mass is 794 g/mol. The lowest BCUT2D eigenvalue weighted by molar-refractivity contribution is -0.137. The summed E-state index contributed by atoms with van der Waals surface area (Å²) in [6.45, 7) is 11.6. The number of nitrogens with zero attached hydrogens (tertiary/aromatic N) is 6. The lowest BCUT2D eigenvalue weighted by Crippen LogP contribution is -2.58. The van der Waals surface area contributed by atoms with Crippen LogP contribution >= 0.6 is 12.2 Å². The second-order valence-electron chi connectivity index (χ2n) is 16.6. The Morgan fingerprint density at radius 2 is 1.77 bits per heavy atom. The maximum atomic E-state index is 13.7. The highest BCUT2D eigenvalue weighted by atomic mass is 32.1. The summed E-state index contributed by atoms with van der Waals surface area (Å²) in [4.78, 5) is 50.5. The molecule has 4 heterocycles. The number of pyridine rings is 1. The minimum absolute atomic E-state index is 0.0121. The first-order valence-electron chi connectivity index (χ1n) is 19.9. The molecule has 1 aromatic carbocycles. The second-order valence-corrected chi connectivity index (χ2v) is 16.9. The lowest BCUT2D eigenvalue weighted by Gasteiger charge is -2.44. The Hall–Kier alpha value is -4.13. The summed E-state index contributed by atoms with van der Waals surface area (Å²) < 4.78 is 41.2. The molecule has 2 N–H and O–H groups in total. The van der Waals surface area contributed by atoms with E-state index in [0.717, 1.165) is 88.7 Å². The third-order valence-electron chi connectivity index (χ3n) is 12.2. The van der Waals surface area contributed by atoms with Crippen molar-refractivity contribution in [2.24, 2.45) is 5.92 Å². The zero-order valence-electron chi connectivity index (χ0n) is 32.7. The van der Waals surface area contributed by atoms with Crippen molar-refractivity contribution in [3.05, 3.63) is 53.2 Å². The highest BCUT2D eigenvalue weighted by Gasteiger charge is 2.52. The molecule has 1 aromatic heterocycles. The van der Waals surface area contributed by atoms with E-state index in [2.05, 4.69) is 39.3 Å². The van der Waals surface area contributed by atoms with Gasteiger partial charge in [0.15, 0.2) is 5.11 Å². The molecule has 4 aliphatic rings. The summed E-state index contributed by atoms with van der Waals surface area (Å²) in [6, 6.07) is 9.21. The predicted octanol–water partition coefficient (Wildman–Crippen LogP) is 6.44. The SMILES string of the molecule is C[C@@H]1CN(CCCCC2CCC(N3C(=S)N(c4ccc(C#N)c(C(F)(F)F)c4)C(=O)C3(C)C)CC2)C[C@H](C)N1CC(=O)Nc1cc(C2CCC(=O)NC2)ccn1. The highest BCUT2D eigenvalue weighted by Crippen LogP contribution is 2.41. The number of nitrogens with one attached hydrogen (secondary N) is 2. The Labute approximate surface area is 333 Å². The van der Waals surface area contributed by atoms with E-state index in [9.17, 15) is 32.8 Å². The molecule has 3 aliphatic heterocycles. The summed E-state index contributed by atoms with van der Waals surface area (Å²) in [6.07, 6.45) is 5.27. The fraction of sp³-hybridized carbons (Fsp3) is 0.610. The van der Waals surface area contributed by atoms with E-state index in [4.69, 9.17) is 12.2 Å². The zero-order valence-corrected chi connectivity index (χ0v) is 33.5. The van der Waals surface area contributed by atoms with E-state index in [1.54, 1.807) is 26.1 Å². The molecule has 3 amide bonds. The number of benzene rings is 1. The molecule has 1 saturated carbocycles. The summed E-state index contributed by atoms with van der Waals surface area (Å²) in [5.74, 6) is 0.939. The van der Waals surface area contributed by atoms with Gasteiger partial charge in [0.05, 0.1) is 29.4 Å². The van der Waals surface area contributed by atoms with Gasteiger partial charge in [0, 0.05) is 56.3 Å². The van der Waals surface area contributed by atoms with Crippen molar-refractivity contribution in [3.63, 3.8) is 0 Å². The summed E-state index contributed by atoms with van der Waals surface area (Å²) in [5, 5.41) is 15.3. The number of halogens is 3. The number of alkyl halides is 3. The molecule has 302 valence electrons. The molecule has 6 rings (SSSR count). The van der Waals surface area contributed by atoms with Crippen LogP contribution in [-0.2, 0) is 20.6 Å². The molecule has 1 unspecified atom stereocenters. The third kappa shape index (κ3) is 9.19. The number of carbonyl (C=O) groups is 3. The number of nitriles is 1. The Kier molecular flexibility index (Phi) is 12.7. The predicted molar refractivity (Wildman–Crippen MR) is 212 cm³/mol. The van der Waals surface area contributed by atoms with E-state index in [0.29, 0.717) is 31.2 Å². The van der Waals surface area contributed by atoms with E-state index >= 15 is 0 Å². The van der Waals surface area contributed by atoms with Crippen LogP contribution in [0.15, 0.2) is 36.5 Å². The first kappa shape index (κ1) is 41.5. The van der Waals surface area contributed by atoms with E-state index in [1.165, 1.54) is 11.0 Å². The molecule has 4 fully saturated rings. The van der Waals surface area contributed by atoms with E-state index < -0.39 is 22.8 Å². The van der Waals surface area contributed by atoms with Crippen LogP contribution < -0.4 is 15.5 Å². The van der Waals surface area contributed by atoms with Crippen LogP contribution in [0.3, 0.4) is 0 Å². The molecular weight excluding hydrogens is 742 g/mol. The quantitative estimate of drug-likeness (QED) is 0.196. The van der Waals surface area contributed by atoms with Gasteiger partial charge in [-0.3, -0.25) is 24.2 Å². The molecule has 3 atom stereocenters. The Morgan fingerprint density at radius 3 is 2.41 bits per heavy atom. The maximum Gasteiger partial charge on any atom is 0.417 e. The number of thiocarbonyl (C=S) groups is 1. The van der Waals surface area contributed by atoms with Crippen molar-refractivity contribution in [2.75, 3.05) is 42.9 Å². The van der Waals surface area contributed by atoms with Crippen LogP contribution in [-0.4, -0.2) is 98.9 Å². The number of unbranched alkanes of at least 4 members (excludes halogenated alkanes) is 1. The minimum atomic E-state index is -4.74. The second kappa shape index (κ2) is 17.2. The van der Waals surface area contributed by atoms with Crippen LogP contribution in [0.1, 0.15) is 108 Å². The standard InChI is InChI=1S/C41H53F3N8O3S/c1-26-23-49(24-27(2)50(26)25-37(54)48-35-19-29(16-17-46-35)31-11-15-36(53)47-22-31)18-6-5-7-28-8-12-32(13-9-28)52-39(56)51(38(55)40(52,3)4)33-14-10-30(21-45)34(20-33)41(42,43)44/h10,14,16-17,19-20,26-28,31-32H,5-9,11-13,15,18,22-25H2,1-4H3,(H,47,53)(H,46,48,54)/t26-,27+,28?,31?,32?. The molecule has 0 radical (unpaired) electrons. The van der Waals surface area contributed by atoms with Crippen LogP contribution in [0.25, 0.3) is 0 Å². The number of hydrogen-bond acceptors (Lipinski definition) is 8. The first-order chi connectivity index (χ1) is 26.6. The third-order valence-corrected chi connectivity index (χ3v) is 12.6. The molecule has 0 bridgehead atoms. The number of aromatic nitrogens is 1. The van der Waals surface area contributed by atoms with Crippen molar-refractivity contribution in [1.29, 1.82) is 5.26 Å². The Balaban J connectivity index is 0.926. The molecule has 1 aliphatic carbocycles. The molecule has 15 heteroatoms. The topological polar surface area (TPSA) is 125 Å². The summed E-state index contributed by atoms with van der Waals surface area (Å²) >= 11 is 5.77. The first-order valence-corrected chi connectivity index (χ1v) is 20.3. The normalized spacial score (nSPS) is 26.2. The van der Waals surface area contributed by atoms with Gasteiger partial charge in [-0.15, -0.1) is 0 Å². The lowest BCUT2D eigenvalue weighted by atomic mass is 9.81. The largest absolute Gasteiger partial charge is 0.417 e. The van der Waals surface area contributed by atoms with Gasteiger partial charge in [0.2, 0.25) is 11.8 Å². The minimum Gasteiger partial charge on any atom is -0.355 e. The fourth-order valence-electron chi connectivity index (χ4n) is 9.21. The highest BCUT2D eigenvalue weighted by molar-refractivity contribution is 7.80. The van der Waals surface area contributed by atoms with Crippen LogP contribution in [0.4, 0.5) is 24.7 Å². The van der Waals surface area contributed by atoms with Crippen molar-refractivity contribution < 1.29 is 27.6 Å². The van der Waals surface area contributed by atoms with Crippen molar-refractivity contribution in [3.8, 4) is 6.07 Å². The van der Waals surface area contributed by atoms with E-state index in [-0.39, 0.29) is 52.6 Å². The van der Waals surface area contributed by atoms with Gasteiger partial charge >= 0.3 is 6.18 Å². The fourth-order valence-corrected chi connectivity index (χ4v) is 9.77. The van der Waals surface area contributed by atoms with Crippen LogP contribution in [0.2, 0.25) is 0 Å². The Bertz CT molecular complexity index is 1820. The molecular formula is C41H53F3N8O3S.